The molecule has 7 rings (SSSR count). The molecule has 4 unspecified atom stereocenters. The summed E-state index contributed by atoms with van der Waals surface area (Å²) in [4.78, 5) is 28.8. The molecule has 0 aromatic heterocycles. The number of esters is 1. The molecular formula is C37H41F3O7S3. The minimum absolute atomic E-state index is 0.0790. The molecule has 4 saturated carbocycles. The number of benzene rings is 3. The Bertz CT molecular complexity index is 1740. The standard InChI is InChI=1S/C22H21OS2.C15H21F3O6S/c1-3-25(2)21-15-11-18(12-16-21)22(23)17-9-13-20(14-10-17)24-19-7-5-4-6-8-19;16-11(15(17,18)25(21,22)23)1-2-24-12(19)13-4-9-3-10(5-13)7-14(20,6-9)8-13/h4-16H,3H2,1-2H3;9-11,20H,1-8H2,(H,21,22,23)/q+1;/p-1. The first-order valence-corrected chi connectivity index (χ1v) is 20.5. The SMILES string of the molecule is CC[S+](C)c1ccc(C(=O)c2ccc(Sc3ccccc3)cc2)cc1.O=C(OCCC(F)C(F)(F)S(=O)(=O)[O-])C12CC3CC(CC(O)(C3)C1)C2. The van der Waals surface area contributed by atoms with Gasteiger partial charge >= 0.3 is 11.2 Å². The average molecular weight is 751 g/mol. The summed E-state index contributed by atoms with van der Waals surface area (Å²) in [7, 11) is -5.87. The third kappa shape index (κ3) is 8.78. The van der Waals surface area contributed by atoms with E-state index >= 15 is 0 Å². The zero-order valence-electron chi connectivity index (χ0n) is 27.9. The van der Waals surface area contributed by atoms with Crippen LogP contribution in [0.4, 0.5) is 13.2 Å². The minimum Gasteiger partial charge on any atom is -0.743 e. The molecule has 3 aromatic carbocycles. The second-order valence-electron chi connectivity index (χ2n) is 13.6. The predicted molar refractivity (Wildman–Crippen MR) is 186 cm³/mol. The van der Waals surface area contributed by atoms with Gasteiger partial charge in [0.15, 0.2) is 27.0 Å². The van der Waals surface area contributed by atoms with E-state index in [0.717, 1.165) is 28.2 Å². The molecule has 4 fully saturated rings. The summed E-state index contributed by atoms with van der Waals surface area (Å²) in [5.41, 5.74) is -0.302. The molecule has 4 aliphatic carbocycles. The number of carbonyl (C=O) groups excluding carboxylic acids is 2. The van der Waals surface area contributed by atoms with Crippen LogP contribution >= 0.6 is 11.8 Å². The monoisotopic (exact) mass is 750 g/mol. The lowest BCUT2D eigenvalue weighted by Crippen LogP contribution is -2.58. The van der Waals surface area contributed by atoms with Crippen molar-refractivity contribution in [1.82, 2.24) is 0 Å². The summed E-state index contributed by atoms with van der Waals surface area (Å²) in [6.07, 6.45) is 1.46. The first kappa shape index (κ1) is 38.4. The van der Waals surface area contributed by atoms with Crippen LogP contribution in [-0.4, -0.2) is 65.5 Å². The highest BCUT2D eigenvalue weighted by atomic mass is 32.2. The van der Waals surface area contributed by atoms with Crippen molar-refractivity contribution in [2.45, 2.75) is 83.6 Å². The second-order valence-corrected chi connectivity index (χ2v) is 18.5. The number of alkyl halides is 3. The Balaban J connectivity index is 0.000000194. The van der Waals surface area contributed by atoms with Crippen LogP contribution in [-0.2, 0) is 30.5 Å². The molecule has 13 heteroatoms. The number of hydrogen-bond acceptors (Lipinski definition) is 8. The van der Waals surface area contributed by atoms with Crippen molar-refractivity contribution >= 4 is 44.5 Å². The Labute approximate surface area is 298 Å². The molecule has 4 atom stereocenters. The van der Waals surface area contributed by atoms with Gasteiger partial charge in [-0.3, -0.25) is 9.59 Å². The molecule has 0 aliphatic heterocycles. The van der Waals surface area contributed by atoms with E-state index in [9.17, 15) is 40.8 Å². The number of ketones is 1. The third-order valence-corrected chi connectivity index (χ3v) is 13.7. The highest BCUT2D eigenvalue weighted by molar-refractivity contribution is 7.99. The summed E-state index contributed by atoms with van der Waals surface area (Å²) in [5, 5.41) is 5.50. The first-order valence-electron chi connectivity index (χ1n) is 16.5. The van der Waals surface area contributed by atoms with Crippen molar-refractivity contribution in [3.8, 4) is 0 Å². The van der Waals surface area contributed by atoms with E-state index in [1.807, 2.05) is 54.6 Å². The van der Waals surface area contributed by atoms with E-state index in [4.69, 9.17) is 4.74 Å². The maximum absolute atomic E-state index is 13.4. The van der Waals surface area contributed by atoms with Gasteiger partial charge in [0.05, 0.1) is 17.6 Å². The van der Waals surface area contributed by atoms with Crippen molar-refractivity contribution < 1.29 is 45.6 Å². The Morgan fingerprint density at radius 3 is 2.02 bits per heavy atom. The van der Waals surface area contributed by atoms with Crippen molar-refractivity contribution in [2.24, 2.45) is 17.3 Å². The van der Waals surface area contributed by atoms with Gasteiger partial charge in [0.25, 0.3) is 0 Å². The van der Waals surface area contributed by atoms with Crippen LogP contribution in [0.3, 0.4) is 0 Å². The van der Waals surface area contributed by atoms with E-state index in [2.05, 4.69) is 37.4 Å². The van der Waals surface area contributed by atoms with E-state index in [1.165, 1.54) is 9.79 Å². The number of carbonyl (C=O) groups is 2. The van der Waals surface area contributed by atoms with Crippen LogP contribution in [0.15, 0.2) is 93.5 Å². The smallest absolute Gasteiger partial charge is 0.364 e. The van der Waals surface area contributed by atoms with E-state index in [0.29, 0.717) is 25.7 Å². The number of aliphatic hydroxyl groups is 1. The number of rotatable bonds is 12. The Kier molecular flexibility index (Phi) is 11.8. The lowest BCUT2D eigenvalue weighted by Gasteiger charge is -2.58. The third-order valence-electron chi connectivity index (χ3n) is 9.81. The van der Waals surface area contributed by atoms with Gasteiger partial charge in [-0.2, -0.15) is 8.78 Å². The largest absolute Gasteiger partial charge is 0.743 e. The predicted octanol–water partition coefficient (Wildman–Crippen LogP) is 7.42. The molecule has 0 radical (unpaired) electrons. The molecule has 0 heterocycles. The number of ether oxygens (including phenoxy) is 1. The van der Waals surface area contributed by atoms with Crippen LogP contribution in [0.5, 0.6) is 0 Å². The highest BCUT2D eigenvalue weighted by Gasteiger charge is 2.61. The summed E-state index contributed by atoms with van der Waals surface area (Å²) in [6, 6.07) is 26.2. The van der Waals surface area contributed by atoms with E-state index in [-0.39, 0.29) is 34.9 Å². The fourth-order valence-corrected chi connectivity index (χ4v) is 9.86. The molecule has 0 amide bonds. The van der Waals surface area contributed by atoms with E-state index < -0.39 is 51.6 Å². The lowest BCUT2D eigenvalue weighted by molar-refractivity contribution is -0.196. The van der Waals surface area contributed by atoms with Gasteiger partial charge in [-0.15, -0.1) is 0 Å². The fraction of sp³-hybridized carbons (Fsp3) is 0.459. The number of halogens is 3. The summed E-state index contributed by atoms with van der Waals surface area (Å²) in [6.45, 7) is 1.44. The van der Waals surface area contributed by atoms with Gasteiger partial charge in [0.1, 0.15) is 12.0 Å². The molecule has 7 nitrogen and oxygen atoms in total. The maximum atomic E-state index is 13.4. The van der Waals surface area contributed by atoms with Crippen LogP contribution in [0.2, 0.25) is 0 Å². The summed E-state index contributed by atoms with van der Waals surface area (Å²) >= 11 is 1.70. The van der Waals surface area contributed by atoms with Crippen molar-refractivity contribution in [3.63, 3.8) is 0 Å². The normalized spacial score (nSPS) is 25.3. The quantitative estimate of drug-likeness (QED) is 0.0879. The molecule has 1 N–H and O–H groups in total. The first-order chi connectivity index (χ1) is 23.5. The number of hydrogen-bond donors (Lipinski definition) is 1. The fourth-order valence-electron chi connectivity index (χ4n) is 7.66. The van der Waals surface area contributed by atoms with Gasteiger partial charge in [0.2, 0.25) is 0 Å². The van der Waals surface area contributed by atoms with Crippen molar-refractivity contribution in [2.75, 3.05) is 18.6 Å². The molecular weight excluding hydrogens is 710 g/mol. The molecule has 3 aromatic rings. The Hall–Kier alpha value is -2.84. The van der Waals surface area contributed by atoms with Crippen LogP contribution in [0.1, 0.15) is 67.8 Å². The van der Waals surface area contributed by atoms with Gasteiger partial charge in [0, 0.05) is 38.2 Å². The van der Waals surface area contributed by atoms with Crippen LogP contribution < -0.4 is 0 Å². The molecule has 4 aliphatic rings. The molecule has 0 spiro atoms. The second kappa shape index (κ2) is 15.4. The molecule has 270 valence electrons. The maximum Gasteiger partial charge on any atom is 0.364 e. The zero-order valence-corrected chi connectivity index (χ0v) is 30.3. The minimum atomic E-state index is -6.13. The van der Waals surface area contributed by atoms with E-state index in [1.54, 1.807) is 11.8 Å². The zero-order chi connectivity index (χ0) is 36.3. The molecule has 0 saturated heterocycles. The van der Waals surface area contributed by atoms with Crippen molar-refractivity contribution in [1.29, 1.82) is 0 Å². The summed E-state index contributed by atoms with van der Waals surface area (Å²) in [5.74, 6) is 0.967. The molecule has 4 bridgehead atoms. The average Bonchev–Trinajstić information content (AvgIpc) is 3.07. The van der Waals surface area contributed by atoms with Crippen molar-refractivity contribution in [3.05, 3.63) is 90.0 Å². The van der Waals surface area contributed by atoms with Gasteiger partial charge in [-0.25, -0.2) is 12.8 Å². The molecule has 50 heavy (non-hydrogen) atoms. The van der Waals surface area contributed by atoms with Crippen LogP contribution in [0.25, 0.3) is 0 Å². The highest BCUT2D eigenvalue weighted by Crippen LogP contribution is 2.62. The van der Waals surface area contributed by atoms with Gasteiger partial charge < -0.3 is 14.4 Å². The van der Waals surface area contributed by atoms with Gasteiger partial charge in [-0.1, -0.05) is 30.0 Å². The lowest BCUT2D eigenvalue weighted by atomic mass is 9.48. The Morgan fingerprint density at radius 2 is 1.50 bits per heavy atom. The topological polar surface area (TPSA) is 121 Å². The van der Waals surface area contributed by atoms with Gasteiger partial charge in [-0.05, 0) is 118 Å². The van der Waals surface area contributed by atoms with Crippen LogP contribution in [0, 0.1) is 17.3 Å². The summed E-state index contributed by atoms with van der Waals surface area (Å²) < 4.78 is 75.6. The Morgan fingerprint density at radius 1 is 0.960 bits per heavy atom.